The van der Waals surface area contributed by atoms with Gasteiger partial charge in [-0.05, 0) is 12.1 Å². The summed E-state index contributed by atoms with van der Waals surface area (Å²) in [5.74, 6) is 1.27. The van der Waals surface area contributed by atoms with Crippen LogP contribution in [0.3, 0.4) is 0 Å². The molecule has 2 aromatic rings. The largest absolute Gasteiger partial charge is 0.340 e. The summed E-state index contributed by atoms with van der Waals surface area (Å²) in [6.45, 7) is 1.77. The minimum atomic E-state index is 0.589. The highest BCUT2D eigenvalue weighted by molar-refractivity contribution is 5.08. The number of rotatable bonds is 2. The van der Waals surface area contributed by atoms with Gasteiger partial charge in [-0.2, -0.15) is 4.98 Å². The van der Waals surface area contributed by atoms with E-state index in [-0.39, 0.29) is 0 Å². The molecule has 0 unspecified atom stereocenters. The van der Waals surface area contributed by atoms with E-state index in [1.807, 2.05) is 18.2 Å². The quantitative estimate of drug-likeness (QED) is 0.691. The lowest BCUT2D eigenvalue weighted by molar-refractivity contribution is 0.388. The first kappa shape index (κ1) is 7.91. The van der Waals surface area contributed by atoms with E-state index >= 15 is 0 Å². The van der Waals surface area contributed by atoms with Crippen molar-refractivity contribution in [3.05, 3.63) is 41.8 Å². The van der Waals surface area contributed by atoms with Gasteiger partial charge in [-0.3, -0.25) is 4.98 Å². The van der Waals surface area contributed by atoms with Gasteiger partial charge < -0.3 is 4.52 Å². The van der Waals surface area contributed by atoms with Crippen molar-refractivity contribution in [2.75, 3.05) is 0 Å². The molecule has 0 aliphatic carbocycles. The van der Waals surface area contributed by atoms with Gasteiger partial charge in [-0.15, -0.1) is 0 Å². The van der Waals surface area contributed by atoms with Crippen molar-refractivity contribution in [3.63, 3.8) is 0 Å². The van der Waals surface area contributed by atoms with E-state index in [1.54, 1.807) is 13.1 Å². The van der Waals surface area contributed by atoms with Crippen LogP contribution in [0.4, 0.5) is 0 Å². The molecule has 0 radical (unpaired) electrons. The Morgan fingerprint density at radius 3 is 2.92 bits per heavy atom. The lowest BCUT2D eigenvalue weighted by atomic mass is 10.3. The minimum Gasteiger partial charge on any atom is -0.340 e. The van der Waals surface area contributed by atoms with Gasteiger partial charge in [0, 0.05) is 18.8 Å². The zero-order valence-corrected chi connectivity index (χ0v) is 7.27. The smallest absolute Gasteiger partial charge is 0.223 e. The first-order chi connectivity index (χ1) is 6.34. The standard InChI is InChI=1S/C9H9N3O/c1-7-11-9(12-13-7)6-8-4-2-3-5-10-8/h2-5H,6H2,1H3. The summed E-state index contributed by atoms with van der Waals surface area (Å²) in [6, 6.07) is 5.76. The van der Waals surface area contributed by atoms with Crippen molar-refractivity contribution in [1.82, 2.24) is 15.1 Å². The molecule has 0 fully saturated rings. The van der Waals surface area contributed by atoms with Gasteiger partial charge in [-0.1, -0.05) is 11.2 Å². The molecule has 0 N–H and O–H groups in total. The second-order valence-corrected chi connectivity index (χ2v) is 2.73. The lowest BCUT2D eigenvalue weighted by Gasteiger charge is -1.92. The van der Waals surface area contributed by atoms with Crippen LogP contribution in [0.1, 0.15) is 17.4 Å². The molecule has 0 aliphatic heterocycles. The number of aryl methyl sites for hydroxylation is 1. The van der Waals surface area contributed by atoms with Gasteiger partial charge in [0.15, 0.2) is 5.82 Å². The van der Waals surface area contributed by atoms with Crippen LogP contribution in [-0.4, -0.2) is 15.1 Å². The monoisotopic (exact) mass is 175 g/mol. The minimum absolute atomic E-state index is 0.589. The fourth-order valence-electron chi connectivity index (χ4n) is 1.08. The van der Waals surface area contributed by atoms with Crippen molar-refractivity contribution in [2.45, 2.75) is 13.3 Å². The van der Waals surface area contributed by atoms with E-state index in [4.69, 9.17) is 4.52 Å². The Morgan fingerprint density at radius 2 is 2.31 bits per heavy atom. The summed E-state index contributed by atoms with van der Waals surface area (Å²) in [7, 11) is 0. The molecular formula is C9H9N3O. The molecule has 0 spiro atoms. The zero-order valence-electron chi connectivity index (χ0n) is 7.27. The Hall–Kier alpha value is -1.71. The first-order valence-electron chi connectivity index (χ1n) is 4.04. The van der Waals surface area contributed by atoms with E-state index in [0.29, 0.717) is 18.1 Å². The maximum absolute atomic E-state index is 4.85. The van der Waals surface area contributed by atoms with Crippen LogP contribution in [0.25, 0.3) is 0 Å². The predicted octanol–water partition coefficient (Wildman–Crippen LogP) is 1.36. The van der Waals surface area contributed by atoms with E-state index in [9.17, 15) is 0 Å². The summed E-state index contributed by atoms with van der Waals surface area (Å²) in [5.41, 5.74) is 0.948. The fraction of sp³-hybridized carbons (Fsp3) is 0.222. The van der Waals surface area contributed by atoms with Gasteiger partial charge >= 0.3 is 0 Å². The van der Waals surface area contributed by atoms with E-state index in [1.165, 1.54) is 0 Å². The Balaban J connectivity index is 2.15. The molecule has 2 rings (SSSR count). The second-order valence-electron chi connectivity index (χ2n) is 2.73. The predicted molar refractivity (Wildman–Crippen MR) is 46.1 cm³/mol. The highest BCUT2D eigenvalue weighted by Gasteiger charge is 2.03. The van der Waals surface area contributed by atoms with Crippen molar-refractivity contribution >= 4 is 0 Å². The van der Waals surface area contributed by atoms with Crippen LogP contribution < -0.4 is 0 Å². The summed E-state index contributed by atoms with van der Waals surface area (Å²) >= 11 is 0. The SMILES string of the molecule is Cc1nc(Cc2ccccn2)no1. The highest BCUT2D eigenvalue weighted by atomic mass is 16.5. The van der Waals surface area contributed by atoms with Crippen LogP contribution in [-0.2, 0) is 6.42 Å². The molecule has 0 aliphatic rings. The number of nitrogens with zero attached hydrogens (tertiary/aromatic N) is 3. The molecule has 2 aromatic heterocycles. The molecule has 0 bridgehead atoms. The maximum Gasteiger partial charge on any atom is 0.223 e. The molecule has 0 saturated carbocycles. The van der Waals surface area contributed by atoms with Gasteiger partial charge in [0.2, 0.25) is 5.89 Å². The number of hydrogen-bond donors (Lipinski definition) is 0. The molecule has 4 heteroatoms. The number of aromatic nitrogens is 3. The molecule has 0 atom stereocenters. The van der Waals surface area contributed by atoms with Crippen LogP contribution in [0.15, 0.2) is 28.9 Å². The zero-order chi connectivity index (χ0) is 9.10. The third-order valence-corrected chi connectivity index (χ3v) is 1.64. The van der Waals surface area contributed by atoms with Crippen molar-refractivity contribution in [1.29, 1.82) is 0 Å². The van der Waals surface area contributed by atoms with Gasteiger partial charge in [0.25, 0.3) is 0 Å². The van der Waals surface area contributed by atoms with Crippen molar-refractivity contribution < 1.29 is 4.52 Å². The average molecular weight is 175 g/mol. The lowest BCUT2D eigenvalue weighted by Crippen LogP contribution is -1.92. The normalized spacial score (nSPS) is 10.2. The topological polar surface area (TPSA) is 51.8 Å². The molecule has 0 saturated heterocycles. The third kappa shape index (κ3) is 1.90. The number of pyridine rings is 1. The molecule has 2 heterocycles. The Bertz CT molecular complexity index is 383. The molecule has 13 heavy (non-hydrogen) atoms. The summed E-state index contributed by atoms with van der Waals surface area (Å²) in [6.07, 6.45) is 2.38. The van der Waals surface area contributed by atoms with E-state index in [2.05, 4.69) is 15.1 Å². The van der Waals surface area contributed by atoms with Gasteiger partial charge in [0.1, 0.15) is 0 Å². The summed E-state index contributed by atoms with van der Waals surface area (Å²) in [4.78, 5) is 8.25. The number of hydrogen-bond acceptors (Lipinski definition) is 4. The molecular weight excluding hydrogens is 166 g/mol. The van der Waals surface area contributed by atoms with Gasteiger partial charge in [-0.25, -0.2) is 0 Å². The Labute approximate surface area is 75.6 Å². The third-order valence-electron chi connectivity index (χ3n) is 1.64. The maximum atomic E-state index is 4.85. The van der Waals surface area contributed by atoms with Crippen LogP contribution in [0, 0.1) is 6.92 Å². The van der Waals surface area contributed by atoms with E-state index in [0.717, 1.165) is 5.69 Å². The van der Waals surface area contributed by atoms with Crippen molar-refractivity contribution in [2.24, 2.45) is 0 Å². The summed E-state index contributed by atoms with van der Waals surface area (Å²) < 4.78 is 4.85. The highest BCUT2D eigenvalue weighted by Crippen LogP contribution is 2.02. The fourth-order valence-corrected chi connectivity index (χ4v) is 1.08. The molecule has 0 aromatic carbocycles. The molecule has 0 amide bonds. The Morgan fingerprint density at radius 1 is 1.38 bits per heavy atom. The van der Waals surface area contributed by atoms with Gasteiger partial charge in [0.05, 0.1) is 6.42 Å². The molecule has 4 nitrogen and oxygen atoms in total. The van der Waals surface area contributed by atoms with Crippen molar-refractivity contribution in [3.8, 4) is 0 Å². The Kier molecular flexibility index (Phi) is 2.04. The second kappa shape index (κ2) is 3.35. The average Bonchev–Trinajstić information content (AvgIpc) is 2.53. The summed E-state index contributed by atoms with van der Waals surface area (Å²) in [5, 5.41) is 3.78. The molecule has 66 valence electrons. The van der Waals surface area contributed by atoms with Crippen LogP contribution in [0.2, 0.25) is 0 Å². The van der Waals surface area contributed by atoms with Crippen LogP contribution in [0.5, 0.6) is 0 Å². The first-order valence-corrected chi connectivity index (χ1v) is 4.04. The van der Waals surface area contributed by atoms with Crippen LogP contribution >= 0.6 is 0 Å². The van der Waals surface area contributed by atoms with E-state index < -0.39 is 0 Å².